The van der Waals surface area contributed by atoms with Gasteiger partial charge < -0.3 is 15.6 Å². The van der Waals surface area contributed by atoms with E-state index in [1.807, 2.05) is 37.3 Å². The Labute approximate surface area is 138 Å². The van der Waals surface area contributed by atoms with E-state index in [0.29, 0.717) is 13.0 Å². The minimum absolute atomic E-state index is 0.240. The lowest BCUT2D eigenvalue weighted by atomic mass is 10.0. The van der Waals surface area contributed by atoms with E-state index in [1.54, 1.807) is 25.8 Å². The van der Waals surface area contributed by atoms with Crippen LogP contribution in [-0.2, 0) is 11.2 Å². The molecule has 6 heteroatoms. The van der Waals surface area contributed by atoms with Crippen molar-refractivity contribution in [2.75, 3.05) is 13.1 Å². The first-order valence-corrected chi connectivity index (χ1v) is 7.93. The molecule has 0 aliphatic heterocycles. The smallest absolute Gasteiger partial charge is 0.422 e. The van der Waals surface area contributed by atoms with Crippen LogP contribution in [0.3, 0.4) is 0 Å². The third-order valence-electron chi connectivity index (χ3n) is 3.25. The van der Waals surface area contributed by atoms with Gasteiger partial charge in [0.15, 0.2) is 0 Å². The summed E-state index contributed by atoms with van der Waals surface area (Å²) in [6.07, 6.45) is -0.722. The number of nitrogens with one attached hydrogen (secondary N) is 1. The van der Waals surface area contributed by atoms with Gasteiger partial charge in [0.05, 0.1) is 6.10 Å². The van der Waals surface area contributed by atoms with Gasteiger partial charge in [-0.25, -0.2) is 9.80 Å². The van der Waals surface area contributed by atoms with Gasteiger partial charge >= 0.3 is 6.09 Å². The highest BCUT2D eigenvalue weighted by Gasteiger charge is 2.22. The number of aliphatic hydroxyl groups excluding tert-OH is 1. The summed E-state index contributed by atoms with van der Waals surface area (Å²) >= 11 is 0. The predicted molar refractivity (Wildman–Crippen MR) is 90.7 cm³/mol. The number of benzene rings is 1. The van der Waals surface area contributed by atoms with E-state index < -0.39 is 23.8 Å². The molecule has 0 spiro atoms. The predicted octanol–water partition coefficient (Wildman–Crippen LogP) is 1.68. The molecule has 0 aromatic heterocycles. The largest absolute Gasteiger partial charge is 0.443 e. The zero-order valence-corrected chi connectivity index (χ0v) is 14.5. The summed E-state index contributed by atoms with van der Waals surface area (Å²) in [5, 5.41) is 11.9. The van der Waals surface area contributed by atoms with Crippen LogP contribution in [0.15, 0.2) is 30.3 Å². The highest BCUT2D eigenvalue weighted by Crippen LogP contribution is 2.08. The molecule has 0 aliphatic rings. The lowest BCUT2D eigenvalue weighted by Gasteiger charge is -2.28. The van der Waals surface area contributed by atoms with E-state index in [9.17, 15) is 9.90 Å². The molecular weight excluding hydrogens is 294 g/mol. The third-order valence-corrected chi connectivity index (χ3v) is 3.25. The van der Waals surface area contributed by atoms with Crippen molar-refractivity contribution in [2.45, 2.75) is 51.9 Å². The fourth-order valence-corrected chi connectivity index (χ4v) is 2.07. The number of likely N-dealkylation sites (N-methyl/N-ethyl adjacent to an activating group) is 1. The Morgan fingerprint density at radius 2 is 1.96 bits per heavy atom. The summed E-state index contributed by atoms with van der Waals surface area (Å²) in [4.78, 5) is 11.8. The number of hydrogen-bond acceptors (Lipinski definition) is 5. The number of aliphatic hydroxyl groups is 1. The van der Waals surface area contributed by atoms with E-state index in [4.69, 9.17) is 10.5 Å². The minimum Gasteiger partial charge on any atom is -0.443 e. The van der Waals surface area contributed by atoms with Crippen molar-refractivity contribution in [3.8, 4) is 0 Å². The van der Waals surface area contributed by atoms with E-state index >= 15 is 0 Å². The highest BCUT2D eigenvalue weighted by atomic mass is 16.6. The molecule has 2 atom stereocenters. The van der Waals surface area contributed by atoms with Crippen LogP contribution in [0.4, 0.5) is 4.79 Å². The number of ether oxygens (including phenoxy) is 1. The van der Waals surface area contributed by atoms with E-state index in [-0.39, 0.29) is 6.54 Å². The second-order valence-corrected chi connectivity index (χ2v) is 6.57. The molecule has 0 fully saturated rings. The van der Waals surface area contributed by atoms with Crippen molar-refractivity contribution in [1.29, 1.82) is 0 Å². The van der Waals surface area contributed by atoms with Crippen LogP contribution >= 0.6 is 0 Å². The van der Waals surface area contributed by atoms with Crippen molar-refractivity contribution in [2.24, 2.45) is 5.73 Å². The first kappa shape index (κ1) is 19.4. The first-order valence-electron chi connectivity index (χ1n) is 7.93. The lowest BCUT2D eigenvalue weighted by molar-refractivity contribution is 0.0209. The molecule has 0 radical (unpaired) electrons. The van der Waals surface area contributed by atoms with Gasteiger partial charge in [0.2, 0.25) is 0 Å². The molecule has 130 valence electrons. The molecule has 0 saturated heterocycles. The number of amides is 1. The van der Waals surface area contributed by atoms with Gasteiger partial charge in [-0.3, -0.25) is 5.43 Å². The van der Waals surface area contributed by atoms with Crippen LogP contribution in [0.5, 0.6) is 0 Å². The maximum atomic E-state index is 11.8. The Balaban J connectivity index is 2.49. The highest BCUT2D eigenvalue weighted by molar-refractivity contribution is 5.67. The number of carbonyl (C=O) groups is 1. The molecule has 1 aromatic rings. The maximum absolute atomic E-state index is 11.8. The van der Waals surface area contributed by atoms with E-state index in [2.05, 4.69) is 5.43 Å². The van der Waals surface area contributed by atoms with Gasteiger partial charge in [-0.2, -0.15) is 0 Å². The number of carbonyl (C=O) groups excluding carboxylic acids is 1. The first-order chi connectivity index (χ1) is 10.7. The lowest BCUT2D eigenvalue weighted by Crippen LogP contribution is -2.51. The second kappa shape index (κ2) is 8.86. The molecule has 23 heavy (non-hydrogen) atoms. The van der Waals surface area contributed by atoms with Crippen LogP contribution in [0.2, 0.25) is 0 Å². The summed E-state index contributed by atoms with van der Waals surface area (Å²) in [5.74, 6) is 0. The zero-order chi connectivity index (χ0) is 17.5. The molecular formula is C17H29N3O3. The van der Waals surface area contributed by atoms with E-state index in [1.165, 1.54) is 0 Å². The Morgan fingerprint density at radius 3 is 2.48 bits per heavy atom. The molecule has 1 rings (SSSR count). The molecule has 0 heterocycles. The number of nitrogens with two attached hydrogens (primary N) is 1. The molecule has 6 nitrogen and oxygen atoms in total. The number of hydrazine groups is 1. The fourth-order valence-electron chi connectivity index (χ4n) is 2.07. The zero-order valence-electron chi connectivity index (χ0n) is 14.5. The summed E-state index contributed by atoms with van der Waals surface area (Å²) in [6, 6.07) is 9.36. The maximum Gasteiger partial charge on any atom is 0.422 e. The van der Waals surface area contributed by atoms with E-state index in [0.717, 1.165) is 5.56 Å². The fraction of sp³-hybridized carbons (Fsp3) is 0.588. The summed E-state index contributed by atoms with van der Waals surface area (Å²) in [6.45, 7) is 8.05. The summed E-state index contributed by atoms with van der Waals surface area (Å²) < 4.78 is 5.20. The molecule has 1 aromatic carbocycles. The second-order valence-electron chi connectivity index (χ2n) is 6.57. The van der Waals surface area contributed by atoms with Crippen molar-refractivity contribution in [1.82, 2.24) is 10.4 Å². The Hall–Kier alpha value is -1.63. The van der Waals surface area contributed by atoms with Gasteiger partial charge in [-0.15, -0.1) is 0 Å². The van der Waals surface area contributed by atoms with Crippen LogP contribution < -0.4 is 11.2 Å². The van der Waals surface area contributed by atoms with Gasteiger partial charge in [0.25, 0.3) is 0 Å². The van der Waals surface area contributed by atoms with Crippen LogP contribution in [0, 0.1) is 0 Å². The van der Waals surface area contributed by atoms with Crippen LogP contribution in [0.1, 0.15) is 33.3 Å². The molecule has 1 amide bonds. The van der Waals surface area contributed by atoms with Crippen molar-refractivity contribution in [3.63, 3.8) is 0 Å². The SMILES string of the molecule is CCN(CC(O)C(N)Cc1ccccc1)NC(=O)OC(C)(C)C. The van der Waals surface area contributed by atoms with Crippen molar-refractivity contribution < 1.29 is 14.6 Å². The summed E-state index contributed by atoms with van der Waals surface area (Å²) in [7, 11) is 0. The molecule has 2 unspecified atom stereocenters. The standard InChI is InChI=1S/C17H29N3O3/c1-5-20(19-16(22)23-17(2,3)4)12-15(21)14(18)11-13-9-7-6-8-10-13/h6-10,14-15,21H,5,11-12,18H2,1-4H3,(H,19,22). The monoisotopic (exact) mass is 323 g/mol. The molecule has 0 saturated carbocycles. The van der Waals surface area contributed by atoms with Gasteiger partial charge in [0, 0.05) is 19.1 Å². The quantitative estimate of drug-likeness (QED) is 0.665. The van der Waals surface area contributed by atoms with Crippen molar-refractivity contribution >= 4 is 6.09 Å². The van der Waals surface area contributed by atoms with Gasteiger partial charge in [0.1, 0.15) is 5.60 Å². The number of rotatable bonds is 7. The normalized spacial score (nSPS) is 14.4. The Morgan fingerprint density at radius 1 is 1.35 bits per heavy atom. The summed E-state index contributed by atoms with van der Waals surface area (Å²) in [5.41, 5.74) is 9.20. The molecule has 4 N–H and O–H groups in total. The average molecular weight is 323 g/mol. The number of hydrogen-bond donors (Lipinski definition) is 3. The van der Waals surface area contributed by atoms with Crippen molar-refractivity contribution in [3.05, 3.63) is 35.9 Å². The minimum atomic E-state index is -0.759. The molecule has 0 aliphatic carbocycles. The van der Waals surface area contributed by atoms with Gasteiger partial charge in [-0.05, 0) is 32.8 Å². The average Bonchev–Trinajstić information content (AvgIpc) is 2.45. The van der Waals surface area contributed by atoms with Crippen LogP contribution in [-0.4, -0.2) is 47.0 Å². The Bertz CT molecular complexity index is 474. The van der Waals surface area contributed by atoms with Crippen LogP contribution in [0.25, 0.3) is 0 Å². The van der Waals surface area contributed by atoms with Gasteiger partial charge in [-0.1, -0.05) is 37.3 Å². The number of nitrogens with zero attached hydrogens (tertiary/aromatic N) is 1. The molecule has 0 bridgehead atoms. The Kier molecular flexibility index (Phi) is 7.48. The topological polar surface area (TPSA) is 87.8 Å². The third kappa shape index (κ3) is 7.97.